The van der Waals surface area contributed by atoms with E-state index in [2.05, 4.69) is 38.3 Å². The lowest BCUT2D eigenvalue weighted by atomic mass is 9.92. The normalized spacial score (nSPS) is 11.2. The summed E-state index contributed by atoms with van der Waals surface area (Å²) in [6, 6.07) is 16.8. The SMILES string of the molecule is CCCCN(CC(=O)Nc1cc(C(C)(C)C)nn1-c1ccc(C)cc1)C(=O)Nc1ccccc1OCC. The third-order valence-electron chi connectivity index (χ3n) is 5.86. The maximum absolute atomic E-state index is 13.2. The molecule has 0 radical (unpaired) electrons. The quantitative estimate of drug-likeness (QED) is 0.346. The molecule has 2 aromatic carbocycles. The third-order valence-corrected chi connectivity index (χ3v) is 5.86. The van der Waals surface area contributed by atoms with Crippen molar-refractivity contribution in [1.82, 2.24) is 14.7 Å². The molecule has 0 saturated carbocycles. The van der Waals surface area contributed by atoms with Gasteiger partial charge < -0.3 is 20.3 Å². The first-order valence-electron chi connectivity index (χ1n) is 12.9. The molecule has 0 unspecified atom stereocenters. The number of ether oxygens (including phenoxy) is 1. The highest BCUT2D eigenvalue weighted by molar-refractivity contribution is 5.97. The second kappa shape index (κ2) is 12.4. The van der Waals surface area contributed by atoms with Crippen molar-refractivity contribution in [2.75, 3.05) is 30.3 Å². The van der Waals surface area contributed by atoms with Gasteiger partial charge in [-0.15, -0.1) is 0 Å². The number of carbonyl (C=O) groups is 2. The van der Waals surface area contributed by atoms with Crippen LogP contribution in [0.25, 0.3) is 5.69 Å². The molecule has 0 saturated heterocycles. The summed E-state index contributed by atoms with van der Waals surface area (Å²) in [6.07, 6.45) is 1.68. The van der Waals surface area contributed by atoms with E-state index in [-0.39, 0.29) is 23.9 Å². The van der Waals surface area contributed by atoms with Gasteiger partial charge in [-0.1, -0.05) is 63.9 Å². The highest BCUT2D eigenvalue weighted by Gasteiger charge is 2.23. The van der Waals surface area contributed by atoms with E-state index >= 15 is 0 Å². The molecule has 8 heteroatoms. The van der Waals surface area contributed by atoms with Crippen molar-refractivity contribution in [2.24, 2.45) is 0 Å². The number of unbranched alkanes of at least 4 members (excludes halogenated alkanes) is 1. The minimum atomic E-state index is -0.349. The average molecular weight is 506 g/mol. The molecule has 3 aromatic rings. The van der Waals surface area contributed by atoms with Crippen LogP contribution in [-0.2, 0) is 10.2 Å². The summed E-state index contributed by atoms with van der Waals surface area (Å²) in [7, 11) is 0. The van der Waals surface area contributed by atoms with Crippen LogP contribution in [0.15, 0.2) is 54.6 Å². The number of urea groups is 1. The Bertz CT molecular complexity index is 1190. The lowest BCUT2D eigenvalue weighted by Crippen LogP contribution is -2.41. The van der Waals surface area contributed by atoms with Gasteiger partial charge >= 0.3 is 6.03 Å². The zero-order valence-corrected chi connectivity index (χ0v) is 22.8. The number of anilines is 2. The van der Waals surface area contributed by atoms with Gasteiger partial charge in [0.05, 0.1) is 23.7 Å². The summed E-state index contributed by atoms with van der Waals surface area (Å²) >= 11 is 0. The van der Waals surface area contributed by atoms with Crippen LogP contribution in [0.2, 0.25) is 0 Å². The standard InChI is InChI=1S/C29H39N5O3/c1-7-9-18-33(28(36)30-23-12-10-11-13-24(23)37-8-2)20-27(35)31-26-19-25(29(4,5)6)32-34(26)22-16-14-21(3)15-17-22/h10-17,19H,7-9,18,20H2,1-6H3,(H,30,36)(H,31,35). The van der Waals surface area contributed by atoms with Crippen molar-refractivity contribution >= 4 is 23.4 Å². The first kappa shape index (κ1) is 27.8. The Morgan fingerprint density at radius 1 is 1.03 bits per heavy atom. The van der Waals surface area contributed by atoms with Crippen LogP contribution in [0.5, 0.6) is 5.75 Å². The van der Waals surface area contributed by atoms with Crippen molar-refractivity contribution in [3.05, 3.63) is 65.9 Å². The highest BCUT2D eigenvalue weighted by Crippen LogP contribution is 2.27. The van der Waals surface area contributed by atoms with Crippen LogP contribution in [0, 0.1) is 6.92 Å². The number of hydrogen-bond donors (Lipinski definition) is 2. The van der Waals surface area contributed by atoms with Crippen molar-refractivity contribution in [3.63, 3.8) is 0 Å². The van der Waals surface area contributed by atoms with Crippen LogP contribution < -0.4 is 15.4 Å². The average Bonchev–Trinajstić information content (AvgIpc) is 3.27. The number of hydrogen-bond acceptors (Lipinski definition) is 4. The molecule has 0 aliphatic rings. The van der Waals surface area contributed by atoms with Crippen molar-refractivity contribution in [2.45, 2.75) is 59.8 Å². The van der Waals surface area contributed by atoms with Gasteiger partial charge in [0.15, 0.2) is 0 Å². The summed E-state index contributed by atoms with van der Waals surface area (Å²) in [4.78, 5) is 27.9. The van der Waals surface area contributed by atoms with Gasteiger partial charge in [0.25, 0.3) is 0 Å². The minimum Gasteiger partial charge on any atom is -0.492 e. The second-order valence-corrected chi connectivity index (χ2v) is 10.1. The van der Waals surface area contributed by atoms with Gasteiger partial charge in [0, 0.05) is 18.0 Å². The number of aryl methyl sites for hydroxylation is 1. The molecule has 2 N–H and O–H groups in total. The predicted octanol–water partition coefficient (Wildman–Crippen LogP) is 6.15. The van der Waals surface area contributed by atoms with E-state index in [0.717, 1.165) is 29.8 Å². The predicted molar refractivity (Wildman–Crippen MR) is 149 cm³/mol. The molecule has 3 rings (SSSR count). The highest BCUT2D eigenvalue weighted by atomic mass is 16.5. The molecule has 37 heavy (non-hydrogen) atoms. The number of carbonyl (C=O) groups excluding carboxylic acids is 2. The first-order valence-corrected chi connectivity index (χ1v) is 12.9. The smallest absolute Gasteiger partial charge is 0.322 e. The second-order valence-electron chi connectivity index (χ2n) is 10.1. The molecule has 1 aromatic heterocycles. The molecular formula is C29H39N5O3. The van der Waals surface area contributed by atoms with Gasteiger partial charge in [-0.3, -0.25) is 4.79 Å². The summed E-state index contributed by atoms with van der Waals surface area (Å²) in [5.41, 5.74) is 3.22. The van der Waals surface area contributed by atoms with E-state index in [9.17, 15) is 9.59 Å². The number of benzene rings is 2. The minimum absolute atomic E-state index is 0.0907. The number of amides is 3. The number of nitrogens with one attached hydrogen (secondary N) is 2. The lowest BCUT2D eigenvalue weighted by Gasteiger charge is -2.23. The molecular weight excluding hydrogens is 466 g/mol. The zero-order chi connectivity index (χ0) is 27.0. The topological polar surface area (TPSA) is 88.5 Å². The van der Waals surface area contributed by atoms with E-state index in [4.69, 9.17) is 9.84 Å². The van der Waals surface area contributed by atoms with Gasteiger partial charge in [-0.05, 0) is 44.5 Å². The molecule has 3 amide bonds. The van der Waals surface area contributed by atoms with Gasteiger partial charge in [-0.2, -0.15) is 5.10 Å². The van der Waals surface area contributed by atoms with Crippen LogP contribution in [-0.4, -0.2) is 46.3 Å². The monoisotopic (exact) mass is 505 g/mol. The third kappa shape index (κ3) is 7.59. The Morgan fingerprint density at radius 3 is 2.38 bits per heavy atom. The Hall–Kier alpha value is -3.81. The van der Waals surface area contributed by atoms with Crippen LogP contribution >= 0.6 is 0 Å². The summed E-state index contributed by atoms with van der Waals surface area (Å²) in [5, 5.41) is 10.7. The van der Waals surface area contributed by atoms with Crippen LogP contribution in [0.4, 0.5) is 16.3 Å². The van der Waals surface area contributed by atoms with Crippen molar-refractivity contribution in [1.29, 1.82) is 0 Å². The fraction of sp³-hybridized carbons (Fsp3) is 0.414. The number of nitrogens with zero attached hydrogens (tertiary/aromatic N) is 3. The molecule has 0 aliphatic heterocycles. The molecule has 0 spiro atoms. The summed E-state index contributed by atoms with van der Waals surface area (Å²) < 4.78 is 7.37. The molecule has 0 fully saturated rings. The number of aromatic nitrogens is 2. The van der Waals surface area contributed by atoms with E-state index in [1.54, 1.807) is 16.8 Å². The Morgan fingerprint density at radius 2 is 1.73 bits per heavy atom. The largest absolute Gasteiger partial charge is 0.492 e. The summed E-state index contributed by atoms with van der Waals surface area (Å²) in [6.45, 7) is 13.1. The molecule has 198 valence electrons. The lowest BCUT2D eigenvalue weighted by molar-refractivity contribution is -0.116. The molecule has 8 nitrogen and oxygen atoms in total. The van der Waals surface area contributed by atoms with Crippen LogP contribution in [0.1, 0.15) is 58.7 Å². The Labute approximate surface area is 220 Å². The zero-order valence-electron chi connectivity index (χ0n) is 22.8. The maximum atomic E-state index is 13.2. The van der Waals surface area contributed by atoms with E-state index in [1.807, 2.05) is 56.3 Å². The molecule has 1 heterocycles. The van der Waals surface area contributed by atoms with Crippen LogP contribution in [0.3, 0.4) is 0 Å². The van der Waals surface area contributed by atoms with Gasteiger partial charge in [0.1, 0.15) is 18.1 Å². The number of para-hydroxylation sites is 2. The first-order chi connectivity index (χ1) is 17.6. The van der Waals surface area contributed by atoms with E-state index in [1.165, 1.54) is 4.90 Å². The number of rotatable bonds is 10. The van der Waals surface area contributed by atoms with E-state index in [0.29, 0.717) is 30.4 Å². The fourth-order valence-corrected chi connectivity index (χ4v) is 3.72. The fourth-order valence-electron chi connectivity index (χ4n) is 3.72. The van der Waals surface area contributed by atoms with Crippen molar-refractivity contribution < 1.29 is 14.3 Å². The van der Waals surface area contributed by atoms with Crippen molar-refractivity contribution in [3.8, 4) is 11.4 Å². The van der Waals surface area contributed by atoms with Gasteiger partial charge in [-0.25, -0.2) is 9.48 Å². The van der Waals surface area contributed by atoms with Gasteiger partial charge in [0.2, 0.25) is 5.91 Å². The summed E-state index contributed by atoms with van der Waals surface area (Å²) in [5.74, 6) is 0.865. The molecule has 0 bridgehead atoms. The maximum Gasteiger partial charge on any atom is 0.322 e. The Balaban J connectivity index is 1.80. The molecule has 0 aliphatic carbocycles. The Kier molecular flexibility index (Phi) is 9.33. The molecule has 0 atom stereocenters. The van der Waals surface area contributed by atoms with E-state index < -0.39 is 0 Å².